The standard InChI is InChI=1S/C19H28N4O/c1-14(2)18-20-19(24-21-18)17-7-5-6-12-23(17)13-15-8-10-16(11-9-15)22(3)4/h8-11,14,17H,5-7,12-13H2,1-4H3. The van der Waals surface area contributed by atoms with E-state index in [0.29, 0.717) is 5.92 Å². The molecule has 2 aromatic rings. The lowest BCUT2D eigenvalue weighted by Gasteiger charge is -2.33. The summed E-state index contributed by atoms with van der Waals surface area (Å²) >= 11 is 0. The summed E-state index contributed by atoms with van der Waals surface area (Å²) in [4.78, 5) is 9.24. The Bertz CT molecular complexity index is 648. The van der Waals surface area contributed by atoms with E-state index in [-0.39, 0.29) is 6.04 Å². The van der Waals surface area contributed by atoms with Crippen LogP contribution < -0.4 is 4.90 Å². The Morgan fingerprint density at radius 3 is 2.58 bits per heavy atom. The van der Waals surface area contributed by atoms with Crippen molar-refractivity contribution in [1.29, 1.82) is 0 Å². The van der Waals surface area contributed by atoms with Gasteiger partial charge in [-0.3, -0.25) is 4.90 Å². The summed E-state index contributed by atoms with van der Waals surface area (Å²) in [5.74, 6) is 1.90. The number of benzene rings is 1. The number of likely N-dealkylation sites (tertiary alicyclic amines) is 1. The quantitative estimate of drug-likeness (QED) is 0.830. The molecule has 5 heteroatoms. The Kier molecular flexibility index (Phi) is 5.19. The molecule has 24 heavy (non-hydrogen) atoms. The van der Waals surface area contributed by atoms with Crippen molar-refractivity contribution in [3.05, 3.63) is 41.5 Å². The maximum atomic E-state index is 5.57. The van der Waals surface area contributed by atoms with Crippen molar-refractivity contribution in [3.8, 4) is 0 Å². The van der Waals surface area contributed by atoms with Crippen molar-refractivity contribution in [2.24, 2.45) is 0 Å². The van der Waals surface area contributed by atoms with Crippen molar-refractivity contribution >= 4 is 5.69 Å². The fraction of sp³-hybridized carbons (Fsp3) is 0.579. The first-order chi connectivity index (χ1) is 11.5. The van der Waals surface area contributed by atoms with Gasteiger partial charge in [-0.25, -0.2) is 0 Å². The summed E-state index contributed by atoms with van der Waals surface area (Å²) in [6.45, 7) is 6.20. The minimum Gasteiger partial charge on any atom is -0.378 e. The van der Waals surface area contributed by atoms with Crippen LogP contribution >= 0.6 is 0 Å². The van der Waals surface area contributed by atoms with Crippen LogP contribution in [-0.2, 0) is 6.54 Å². The van der Waals surface area contributed by atoms with E-state index in [2.05, 4.69) is 72.1 Å². The van der Waals surface area contributed by atoms with E-state index in [9.17, 15) is 0 Å². The predicted molar refractivity (Wildman–Crippen MR) is 96.2 cm³/mol. The molecule has 0 saturated carbocycles. The molecular weight excluding hydrogens is 300 g/mol. The number of aromatic nitrogens is 2. The largest absolute Gasteiger partial charge is 0.378 e. The second-order valence-corrected chi connectivity index (χ2v) is 7.19. The Balaban J connectivity index is 1.74. The van der Waals surface area contributed by atoms with Crippen molar-refractivity contribution in [1.82, 2.24) is 15.0 Å². The second-order valence-electron chi connectivity index (χ2n) is 7.19. The van der Waals surface area contributed by atoms with Crippen LogP contribution in [0.4, 0.5) is 5.69 Å². The van der Waals surface area contributed by atoms with E-state index in [1.807, 2.05) is 0 Å². The summed E-state index contributed by atoms with van der Waals surface area (Å²) in [6.07, 6.45) is 3.55. The smallest absolute Gasteiger partial charge is 0.244 e. The van der Waals surface area contributed by atoms with Crippen LogP contribution in [0.15, 0.2) is 28.8 Å². The minimum atomic E-state index is 0.243. The van der Waals surface area contributed by atoms with Gasteiger partial charge in [-0.15, -0.1) is 0 Å². The molecule has 1 saturated heterocycles. The zero-order valence-electron chi connectivity index (χ0n) is 15.2. The van der Waals surface area contributed by atoms with Crippen LogP contribution in [0.5, 0.6) is 0 Å². The number of hydrogen-bond acceptors (Lipinski definition) is 5. The lowest BCUT2D eigenvalue weighted by molar-refractivity contribution is 0.111. The lowest BCUT2D eigenvalue weighted by atomic mass is 10.0. The van der Waals surface area contributed by atoms with Crippen LogP contribution in [0.25, 0.3) is 0 Å². The molecule has 1 aliphatic heterocycles. The van der Waals surface area contributed by atoms with Gasteiger partial charge in [-0.2, -0.15) is 4.98 Å². The molecule has 0 aliphatic carbocycles. The highest BCUT2D eigenvalue weighted by molar-refractivity contribution is 5.45. The molecule has 1 fully saturated rings. The molecule has 2 heterocycles. The van der Waals surface area contributed by atoms with E-state index in [0.717, 1.165) is 31.2 Å². The fourth-order valence-corrected chi connectivity index (χ4v) is 3.21. The highest BCUT2D eigenvalue weighted by Crippen LogP contribution is 2.32. The lowest BCUT2D eigenvalue weighted by Crippen LogP contribution is -2.33. The Labute approximate surface area is 144 Å². The summed E-state index contributed by atoms with van der Waals surface area (Å²) in [7, 11) is 4.13. The average Bonchev–Trinajstić information content (AvgIpc) is 3.06. The van der Waals surface area contributed by atoms with Gasteiger partial charge in [0.1, 0.15) is 0 Å². The Hall–Kier alpha value is -1.88. The fourth-order valence-electron chi connectivity index (χ4n) is 3.21. The number of hydrogen-bond donors (Lipinski definition) is 0. The van der Waals surface area contributed by atoms with E-state index in [1.165, 1.54) is 24.1 Å². The molecular formula is C19H28N4O. The van der Waals surface area contributed by atoms with Crippen LogP contribution in [0.3, 0.4) is 0 Å². The normalized spacial score (nSPS) is 19.0. The highest BCUT2D eigenvalue weighted by atomic mass is 16.5. The summed E-state index contributed by atoms with van der Waals surface area (Å²) in [5.41, 5.74) is 2.56. The molecule has 3 rings (SSSR count). The maximum absolute atomic E-state index is 5.57. The molecule has 0 amide bonds. The molecule has 130 valence electrons. The number of piperidine rings is 1. The van der Waals surface area contributed by atoms with Crippen molar-refractivity contribution < 1.29 is 4.52 Å². The molecule has 1 unspecified atom stereocenters. The van der Waals surface area contributed by atoms with Crippen molar-refractivity contribution in [3.63, 3.8) is 0 Å². The molecule has 1 atom stereocenters. The molecule has 0 bridgehead atoms. The van der Waals surface area contributed by atoms with E-state index >= 15 is 0 Å². The molecule has 1 aliphatic rings. The van der Waals surface area contributed by atoms with Gasteiger partial charge < -0.3 is 9.42 Å². The first-order valence-corrected chi connectivity index (χ1v) is 8.88. The van der Waals surface area contributed by atoms with E-state index < -0.39 is 0 Å². The Morgan fingerprint density at radius 1 is 1.21 bits per heavy atom. The summed E-state index contributed by atoms with van der Waals surface area (Å²) in [5, 5.41) is 4.15. The minimum absolute atomic E-state index is 0.243. The van der Waals surface area contributed by atoms with Gasteiger partial charge in [-0.05, 0) is 37.1 Å². The third-order valence-corrected chi connectivity index (χ3v) is 4.71. The topological polar surface area (TPSA) is 45.4 Å². The first kappa shape index (κ1) is 17.0. The van der Waals surface area contributed by atoms with Gasteiger partial charge in [0.15, 0.2) is 5.82 Å². The third-order valence-electron chi connectivity index (χ3n) is 4.71. The molecule has 1 aromatic heterocycles. The molecule has 0 spiro atoms. The zero-order chi connectivity index (χ0) is 17.1. The second kappa shape index (κ2) is 7.34. The van der Waals surface area contributed by atoms with Crippen molar-refractivity contribution in [2.45, 2.75) is 51.6 Å². The summed E-state index contributed by atoms with van der Waals surface area (Å²) < 4.78 is 5.57. The van der Waals surface area contributed by atoms with Gasteiger partial charge in [0.25, 0.3) is 0 Å². The third kappa shape index (κ3) is 3.78. The van der Waals surface area contributed by atoms with Crippen LogP contribution in [0.2, 0.25) is 0 Å². The van der Waals surface area contributed by atoms with Gasteiger partial charge in [-0.1, -0.05) is 37.6 Å². The van der Waals surface area contributed by atoms with Gasteiger partial charge >= 0.3 is 0 Å². The van der Waals surface area contributed by atoms with E-state index in [1.54, 1.807) is 0 Å². The van der Waals surface area contributed by atoms with Gasteiger partial charge in [0, 0.05) is 32.2 Å². The average molecular weight is 328 g/mol. The zero-order valence-corrected chi connectivity index (χ0v) is 15.2. The molecule has 5 nitrogen and oxygen atoms in total. The first-order valence-electron chi connectivity index (χ1n) is 8.88. The molecule has 0 radical (unpaired) electrons. The SMILES string of the molecule is CC(C)c1noc(C2CCCCN2Cc2ccc(N(C)C)cc2)n1. The number of rotatable bonds is 5. The van der Waals surface area contributed by atoms with Crippen LogP contribution in [0, 0.1) is 0 Å². The highest BCUT2D eigenvalue weighted by Gasteiger charge is 2.29. The molecule has 0 N–H and O–H groups in total. The predicted octanol–water partition coefficient (Wildman–Crippen LogP) is 3.99. The van der Waals surface area contributed by atoms with Crippen LogP contribution in [-0.4, -0.2) is 35.7 Å². The summed E-state index contributed by atoms with van der Waals surface area (Å²) in [6, 6.07) is 9.03. The van der Waals surface area contributed by atoms with Gasteiger partial charge in [0.05, 0.1) is 6.04 Å². The van der Waals surface area contributed by atoms with Gasteiger partial charge in [0.2, 0.25) is 5.89 Å². The van der Waals surface area contributed by atoms with Crippen LogP contribution in [0.1, 0.15) is 62.3 Å². The monoisotopic (exact) mass is 328 g/mol. The maximum Gasteiger partial charge on any atom is 0.244 e. The van der Waals surface area contributed by atoms with Crippen molar-refractivity contribution in [2.75, 3.05) is 25.5 Å². The molecule has 1 aromatic carbocycles. The Morgan fingerprint density at radius 2 is 1.96 bits per heavy atom. The van der Waals surface area contributed by atoms with E-state index in [4.69, 9.17) is 4.52 Å². The number of nitrogens with zero attached hydrogens (tertiary/aromatic N) is 4. The number of anilines is 1.